The fraction of sp³-hybridized carbons (Fsp3) is 1.00. The highest BCUT2D eigenvalue weighted by atomic mass is 19.3. The van der Waals surface area contributed by atoms with Gasteiger partial charge in [-0.25, -0.2) is 0 Å². The number of ether oxygens (including phenoxy) is 2. The van der Waals surface area contributed by atoms with Crippen LogP contribution in [0.3, 0.4) is 0 Å². The Bertz CT molecular complexity index is 94.0. The molecule has 1 aliphatic rings. The van der Waals surface area contributed by atoms with Crippen molar-refractivity contribution in [3.63, 3.8) is 0 Å². The summed E-state index contributed by atoms with van der Waals surface area (Å²) in [6, 6.07) is 0. The third-order valence-electron chi connectivity index (χ3n) is 0.824. The molecule has 8 heavy (non-hydrogen) atoms. The minimum absolute atomic E-state index is 0.0208. The van der Waals surface area contributed by atoms with Gasteiger partial charge in [-0.3, -0.25) is 9.47 Å². The Labute approximate surface area is 45.4 Å². The lowest BCUT2D eigenvalue weighted by molar-refractivity contribution is -0.345. The highest BCUT2D eigenvalue weighted by Crippen LogP contribution is 2.25. The molecule has 0 radical (unpaired) electrons. The summed E-state index contributed by atoms with van der Waals surface area (Å²) in [6.45, 7) is 1.51. The van der Waals surface area contributed by atoms with Gasteiger partial charge in [-0.2, -0.15) is 0 Å². The standard InChI is InChI=1S/C4H6F2O2/c1-3-2-7-4(5,6)8-3/h3H,2H2,1H3/t3-/m0/s1. The fourth-order valence-corrected chi connectivity index (χ4v) is 0.517. The molecular formula is C4H6F2O2. The first-order chi connectivity index (χ1) is 3.60. The lowest BCUT2D eigenvalue weighted by Gasteiger charge is -2.03. The quantitative estimate of drug-likeness (QED) is 0.479. The first-order valence-corrected chi connectivity index (χ1v) is 2.30. The highest BCUT2D eigenvalue weighted by molar-refractivity contribution is 4.55. The van der Waals surface area contributed by atoms with Crippen molar-refractivity contribution in [1.29, 1.82) is 0 Å². The first kappa shape index (κ1) is 5.91. The molecule has 1 rings (SSSR count). The first-order valence-electron chi connectivity index (χ1n) is 2.30. The molecule has 0 bridgehead atoms. The number of rotatable bonds is 0. The van der Waals surface area contributed by atoms with Gasteiger partial charge in [0, 0.05) is 0 Å². The highest BCUT2D eigenvalue weighted by Gasteiger charge is 2.40. The Balaban J connectivity index is 2.44. The zero-order chi connectivity index (χ0) is 6.20. The fourth-order valence-electron chi connectivity index (χ4n) is 0.517. The SMILES string of the molecule is C[C@H]1COC(F)(F)O1. The lowest BCUT2D eigenvalue weighted by Crippen LogP contribution is -2.16. The van der Waals surface area contributed by atoms with Crippen LogP contribution in [0.5, 0.6) is 0 Å². The summed E-state index contributed by atoms with van der Waals surface area (Å²) < 4.78 is 31.4. The molecule has 0 aliphatic carbocycles. The molecule has 0 saturated carbocycles. The third-order valence-corrected chi connectivity index (χ3v) is 0.824. The zero-order valence-electron chi connectivity index (χ0n) is 4.36. The number of alkyl halides is 2. The van der Waals surface area contributed by atoms with E-state index in [0.29, 0.717) is 0 Å². The smallest absolute Gasteiger partial charge is 0.293 e. The van der Waals surface area contributed by atoms with E-state index in [1.54, 1.807) is 0 Å². The van der Waals surface area contributed by atoms with Crippen LogP contribution in [0.25, 0.3) is 0 Å². The van der Waals surface area contributed by atoms with Crippen LogP contribution < -0.4 is 0 Å². The van der Waals surface area contributed by atoms with E-state index >= 15 is 0 Å². The average Bonchev–Trinajstić information content (AvgIpc) is 1.82. The topological polar surface area (TPSA) is 18.5 Å². The maximum absolute atomic E-state index is 11.8. The normalized spacial score (nSPS) is 35.6. The van der Waals surface area contributed by atoms with Crippen LogP contribution in [0.4, 0.5) is 8.78 Å². The maximum Gasteiger partial charge on any atom is 0.485 e. The van der Waals surface area contributed by atoms with Gasteiger partial charge in [0.2, 0.25) is 0 Å². The molecule has 0 aromatic carbocycles. The number of hydrogen-bond acceptors (Lipinski definition) is 2. The summed E-state index contributed by atoms with van der Waals surface area (Å²) in [7, 11) is 0. The van der Waals surface area contributed by atoms with Crippen LogP contribution in [-0.2, 0) is 9.47 Å². The summed E-state index contributed by atoms with van der Waals surface area (Å²) in [5.74, 6) is 0. The summed E-state index contributed by atoms with van der Waals surface area (Å²) in [6.07, 6.45) is -3.82. The molecule has 0 unspecified atom stereocenters. The molecule has 1 atom stereocenters. The average molecular weight is 124 g/mol. The van der Waals surface area contributed by atoms with E-state index in [1.807, 2.05) is 0 Å². The Kier molecular flexibility index (Phi) is 1.21. The molecule has 1 aliphatic heterocycles. The van der Waals surface area contributed by atoms with Gasteiger partial charge < -0.3 is 0 Å². The molecule has 0 spiro atoms. The van der Waals surface area contributed by atoms with Gasteiger partial charge in [-0.15, -0.1) is 8.78 Å². The number of hydrogen-bond donors (Lipinski definition) is 0. The van der Waals surface area contributed by atoms with E-state index in [2.05, 4.69) is 9.47 Å². The van der Waals surface area contributed by atoms with Crippen LogP contribution in [0, 0.1) is 0 Å². The monoisotopic (exact) mass is 124 g/mol. The van der Waals surface area contributed by atoms with Crippen LogP contribution >= 0.6 is 0 Å². The Morgan fingerprint density at radius 2 is 2.25 bits per heavy atom. The van der Waals surface area contributed by atoms with Crippen LogP contribution in [-0.4, -0.2) is 19.0 Å². The minimum atomic E-state index is -3.33. The van der Waals surface area contributed by atoms with Crippen molar-refractivity contribution in [1.82, 2.24) is 0 Å². The van der Waals surface area contributed by atoms with E-state index in [-0.39, 0.29) is 6.61 Å². The van der Waals surface area contributed by atoms with Gasteiger partial charge in [0.1, 0.15) is 0 Å². The second-order valence-electron chi connectivity index (χ2n) is 1.70. The zero-order valence-corrected chi connectivity index (χ0v) is 4.36. The van der Waals surface area contributed by atoms with Gasteiger partial charge in [0.05, 0.1) is 12.7 Å². The van der Waals surface area contributed by atoms with Gasteiger partial charge in [-0.1, -0.05) is 0 Å². The summed E-state index contributed by atoms with van der Waals surface area (Å²) >= 11 is 0. The van der Waals surface area contributed by atoms with Gasteiger partial charge >= 0.3 is 6.29 Å². The largest absolute Gasteiger partial charge is 0.485 e. The summed E-state index contributed by atoms with van der Waals surface area (Å²) in [5, 5.41) is 0. The molecule has 1 heterocycles. The van der Waals surface area contributed by atoms with Gasteiger partial charge in [0.15, 0.2) is 0 Å². The molecule has 0 aromatic heterocycles. The van der Waals surface area contributed by atoms with Crippen molar-refractivity contribution in [2.24, 2.45) is 0 Å². The van der Waals surface area contributed by atoms with E-state index in [9.17, 15) is 8.78 Å². The van der Waals surface area contributed by atoms with E-state index < -0.39 is 12.4 Å². The summed E-state index contributed by atoms with van der Waals surface area (Å²) in [4.78, 5) is 0. The van der Waals surface area contributed by atoms with Crippen LogP contribution in [0.1, 0.15) is 6.92 Å². The lowest BCUT2D eigenvalue weighted by atomic mass is 10.5. The van der Waals surface area contributed by atoms with Crippen LogP contribution in [0.15, 0.2) is 0 Å². The van der Waals surface area contributed by atoms with E-state index in [0.717, 1.165) is 0 Å². The molecule has 0 aromatic rings. The van der Waals surface area contributed by atoms with E-state index in [4.69, 9.17) is 0 Å². The number of halogens is 2. The minimum Gasteiger partial charge on any atom is -0.293 e. The van der Waals surface area contributed by atoms with Crippen molar-refractivity contribution in [2.45, 2.75) is 19.3 Å². The molecule has 48 valence electrons. The summed E-state index contributed by atoms with van der Waals surface area (Å²) in [5.41, 5.74) is 0. The second kappa shape index (κ2) is 1.63. The molecule has 1 saturated heterocycles. The molecule has 4 heteroatoms. The Morgan fingerprint density at radius 3 is 2.38 bits per heavy atom. The Morgan fingerprint density at radius 1 is 1.62 bits per heavy atom. The molecule has 1 fully saturated rings. The third kappa shape index (κ3) is 1.14. The molecular weight excluding hydrogens is 118 g/mol. The van der Waals surface area contributed by atoms with Gasteiger partial charge in [-0.05, 0) is 6.92 Å². The molecule has 0 N–H and O–H groups in total. The second-order valence-corrected chi connectivity index (χ2v) is 1.70. The van der Waals surface area contributed by atoms with Gasteiger partial charge in [0.25, 0.3) is 0 Å². The van der Waals surface area contributed by atoms with Crippen molar-refractivity contribution in [3.05, 3.63) is 0 Å². The predicted octanol–water partition coefficient (Wildman–Crippen LogP) is 0.972. The Hall–Kier alpha value is -0.220. The van der Waals surface area contributed by atoms with Crippen LogP contribution in [0.2, 0.25) is 0 Å². The van der Waals surface area contributed by atoms with Crippen molar-refractivity contribution < 1.29 is 18.3 Å². The maximum atomic E-state index is 11.8. The van der Waals surface area contributed by atoms with Crippen molar-refractivity contribution in [3.8, 4) is 0 Å². The van der Waals surface area contributed by atoms with Crippen molar-refractivity contribution >= 4 is 0 Å². The molecule has 2 nitrogen and oxygen atoms in total. The molecule has 0 amide bonds. The van der Waals surface area contributed by atoms with E-state index in [1.165, 1.54) is 6.92 Å². The predicted molar refractivity (Wildman–Crippen MR) is 21.4 cm³/mol. The van der Waals surface area contributed by atoms with Crippen molar-refractivity contribution in [2.75, 3.05) is 6.61 Å².